The van der Waals surface area contributed by atoms with Gasteiger partial charge in [-0.3, -0.25) is 4.63 Å². The molecule has 0 aliphatic rings. The first-order chi connectivity index (χ1) is 26.8. The van der Waals surface area contributed by atoms with Crippen molar-refractivity contribution in [1.29, 1.82) is 0 Å². The number of halogens is 1. The fourth-order valence-electron chi connectivity index (χ4n) is 6.67. The number of esters is 1. The number of hydrogen-bond donors (Lipinski definition) is 0. The molecule has 3 heterocycles. The smallest absolute Gasteiger partial charge is 0.414 e. The van der Waals surface area contributed by atoms with Gasteiger partial charge in [0.2, 0.25) is 5.69 Å². The van der Waals surface area contributed by atoms with E-state index >= 15 is 0 Å². The van der Waals surface area contributed by atoms with Crippen LogP contribution < -0.4 is 18.9 Å². The SMILES string of the molecule is Br.Cc1c2c(cc[n+]1Cc1ccccc1)c1ccc(OCC(=O)OCCCCOc3no[n+]([O-])c3S(=O)(=O)c3ccccc3)cc1n2CCCc1ccccc1. The Balaban J connectivity index is 0.00000532. The van der Waals surface area contributed by atoms with E-state index in [9.17, 15) is 18.4 Å². The van der Waals surface area contributed by atoms with Crippen LogP contribution in [0.4, 0.5) is 0 Å². The van der Waals surface area contributed by atoms with Crippen molar-refractivity contribution in [2.24, 2.45) is 0 Å². The van der Waals surface area contributed by atoms with Gasteiger partial charge in [-0.2, -0.15) is 4.57 Å². The number of nitrogens with zero attached hydrogens (tertiary/aromatic N) is 4. The molecule has 3 aromatic heterocycles. The van der Waals surface area contributed by atoms with Gasteiger partial charge in [-0.25, -0.2) is 13.2 Å². The lowest BCUT2D eigenvalue weighted by atomic mass is 10.1. The second-order valence-electron chi connectivity index (χ2n) is 13.1. The molecule has 7 aromatic rings. The highest BCUT2D eigenvalue weighted by Crippen LogP contribution is 2.33. The zero-order valence-corrected chi connectivity index (χ0v) is 33.3. The van der Waals surface area contributed by atoms with Crippen molar-refractivity contribution in [3.8, 4) is 11.6 Å². The lowest BCUT2D eigenvalue weighted by Crippen LogP contribution is -2.37. The third-order valence-corrected chi connectivity index (χ3v) is 11.1. The first-order valence-corrected chi connectivity index (χ1v) is 19.6. The van der Waals surface area contributed by atoms with Crippen LogP contribution in [0.5, 0.6) is 11.6 Å². The van der Waals surface area contributed by atoms with Crippen LogP contribution in [-0.2, 0) is 38.9 Å². The second kappa shape index (κ2) is 18.3. The van der Waals surface area contributed by atoms with Crippen LogP contribution in [0.25, 0.3) is 21.8 Å². The van der Waals surface area contributed by atoms with E-state index < -0.39 is 26.7 Å². The number of aromatic nitrogens is 4. The zero-order valence-electron chi connectivity index (χ0n) is 30.8. The molecule has 0 saturated carbocycles. The van der Waals surface area contributed by atoms with E-state index in [0.29, 0.717) is 18.6 Å². The Hall–Kier alpha value is -5.73. The van der Waals surface area contributed by atoms with Gasteiger partial charge in [0.25, 0.3) is 9.84 Å². The minimum atomic E-state index is -4.21. The molecule has 0 N–H and O–H groups in total. The second-order valence-corrected chi connectivity index (χ2v) is 15.0. The maximum atomic E-state index is 12.9. The van der Waals surface area contributed by atoms with E-state index in [0.717, 1.165) is 42.2 Å². The Bertz CT molecular complexity index is 2510. The summed E-state index contributed by atoms with van der Waals surface area (Å²) < 4.78 is 51.8. The topological polar surface area (TPSA) is 141 Å². The molecule has 56 heavy (non-hydrogen) atoms. The van der Waals surface area contributed by atoms with Crippen LogP contribution in [0, 0.1) is 12.1 Å². The molecule has 7 rings (SSSR count). The Morgan fingerprint density at radius 3 is 2.23 bits per heavy atom. The Morgan fingerprint density at radius 2 is 1.50 bits per heavy atom. The summed E-state index contributed by atoms with van der Waals surface area (Å²) in [4.78, 5) is 12.3. The third-order valence-electron chi connectivity index (χ3n) is 9.41. The van der Waals surface area contributed by atoms with Crippen LogP contribution in [0.3, 0.4) is 0 Å². The standard InChI is InChI=1S/C42H41N4O8S.BrH/c1-31-40-37(23-25-44(31)29-33-16-7-3-8-17-33)36-22-21-34(28-38(36)45(40)24-13-18-32-14-5-2-6-15-32)53-30-39(47)51-26-11-12-27-52-41-42(46(48)54-43-41)55(49,50)35-19-9-4-10-20-35;/h2-10,14-17,19-23,25,28H,11-13,18,24,26-27,29-30H2,1H3;1H/q+1;. The average molecular weight is 843 g/mol. The Labute approximate surface area is 335 Å². The highest BCUT2D eigenvalue weighted by molar-refractivity contribution is 8.93. The fourth-order valence-corrected chi connectivity index (χ4v) is 7.96. The largest absolute Gasteiger partial charge is 0.482 e. The third kappa shape index (κ3) is 9.03. The predicted octanol–water partition coefficient (Wildman–Crippen LogP) is 6.88. The molecule has 0 amide bonds. The summed E-state index contributed by atoms with van der Waals surface area (Å²) in [7, 11) is -4.21. The molecule has 0 fully saturated rings. The molecule has 0 aliphatic carbocycles. The molecule has 0 bridgehead atoms. The molecule has 0 saturated heterocycles. The lowest BCUT2D eigenvalue weighted by Gasteiger charge is -2.11. The van der Waals surface area contributed by atoms with E-state index in [2.05, 4.69) is 86.6 Å². The van der Waals surface area contributed by atoms with E-state index in [1.54, 1.807) is 6.07 Å². The molecule has 0 unspecified atom stereocenters. The summed E-state index contributed by atoms with van der Waals surface area (Å²) in [5.41, 5.74) is 5.90. The minimum absolute atomic E-state index is 0. The highest BCUT2D eigenvalue weighted by Gasteiger charge is 2.35. The van der Waals surface area contributed by atoms with Gasteiger partial charge in [0.1, 0.15) is 11.3 Å². The van der Waals surface area contributed by atoms with Crippen LogP contribution in [0.2, 0.25) is 0 Å². The lowest BCUT2D eigenvalue weighted by molar-refractivity contribution is -0.832. The van der Waals surface area contributed by atoms with E-state index in [4.69, 9.17) is 14.2 Å². The number of aryl methyl sites for hydroxylation is 3. The maximum absolute atomic E-state index is 12.9. The summed E-state index contributed by atoms with van der Waals surface area (Å²) in [6.45, 7) is 3.58. The van der Waals surface area contributed by atoms with Gasteiger partial charge in [-0.1, -0.05) is 78.9 Å². The number of benzene rings is 4. The summed E-state index contributed by atoms with van der Waals surface area (Å²) in [6, 6.07) is 36.5. The number of rotatable bonds is 17. The van der Waals surface area contributed by atoms with Gasteiger partial charge < -0.3 is 24.0 Å². The van der Waals surface area contributed by atoms with Crippen molar-refractivity contribution >= 4 is 54.6 Å². The van der Waals surface area contributed by atoms with Gasteiger partial charge in [-0.15, -0.1) is 17.0 Å². The van der Waals surface area contributed by atoms with Gasteiger partial charge in [0, 0.05) is 41.9 Å². The van der Waals surface area contributed by atoms with Gasteiger partial charge in [0.15, 0.2) is 19.3 Å². The van der Waals surface area contributed by atoms with Gasteiger partial charge >= 0.3 is 16.9 Å². The summed E-state index contributed by atoms with van der Waals surface area (Å²) >= 11 is 0. The van der Waals surface area contributed by atoms with Crippen LogP contribution >= 0.6 is 17.0 Å². The quantitative estimate of drug-likeness (QED) is 0.0415. The number of sulfone groups is 1. The van der Waals surface area contributed by atoms with E-state index in [-0.39, 0.29) is 46.6 Å². The molecular formula is C42H42BrN4O8S+. The van der Waals surface area contributed by atoms with E-state index in [1.807, 2.05) is 30.3 Å². The van der Waals surface area contributed by atoms with Crippen molar-refractivity contribution in [1.82, 2.24) is 9.72 Å². The number of unbranched alkanes of at least 4 members (excludes halogenated alkanes) is 1. The zero-order chi connectivity index (χ0) is 38.2. The summed E-state index contributed by atoms with van der Waals surface area (Å²) in [5, 5.41) is 17.1. The molecule has 14 heteroatoms. The predicted molar refractivity (Wildman–Crippen MR) is 214 cm³/mol. The first kappa shape index (κ1) is 39.9. The van der Waals surface area contributed by atoms with Crippen molar-refractivity contribution in [2.75, 3.05) is 19.8 Å². The van der Waals surface area contributed by atoms with Crippen LogP contribution in [0.15, 0.2) is 136 Å². The minimum Gasteiger partial charge on any atom is -0.482 e. The number of fused-ring (bicyclic) bond motifs is 3. The summed E-state index contributed by atoms with van der Waals surface area (Å²) in [5.74, 6) is -0.399. The Morgan fingerprint density at radius 1 is 0.821 bits per heavy atom. The molecule has 4 aromatic carbocycles. The molecular weight excluding hydrogens is 800 g/mol. The molecule has 0 radical (unpaired) electrons. The number of ether oxygens (including phenoxy) is 3. The van der Waals surface area contributed by atoms with E-state index in [1.165, 1.54) is 46.6 Å². The van der Waals surface area contributed by atoms with Gasteiger partial charge in [-0.05, 0) is 60.4 Å². The molecule has 0 atom stereocenters. The number of pyridine rings is 1. The van der Waals surface area contributed by atoms with Crippen LogP contribution in [-0.4, -0.2) is 43.9 Å². The normalized spacial score (nSPS) is 11.4. The van der Waals surface area contributed by atoms with Crippen molar-refractivity contribution in [3.05, 3.63) is 143 Å². The number of carbonyl (C=O) groups is 1. The average Bonchev–Trinajstić information content (AvgIpc) is 3.74. The fraction of sp³-hybridized carbons (Fsp3) is 0.238. The molecule has 0 spiro atoms. The van der Waals surface area contributed by atoms with Crippen molar-refractivity contribution in [3.63, 3.8) is 0 Å². The summed E-state index contributed by atoms with van der Waals surface area (Å²) in [6.07, 6.45) is 4.85. The maximum Gasteiger partial charge on any atom is 0.414 e. The molecule has 290 valence electrons. The van der Waals surface area contributed by atoms with Crippen LogP contribution in [0.1, 0.15) is 36.1 Å². The molecule has 0 aliphatic heterocycles. The monoisotopic (exact) mass is 841 g/mol. The number of hydrogen-bond acceptors (Lipinski definition) is 9. The molecule has 12 nitrogen and oxygen atoms in total. The van der Waals surface area contributed by atoms with Crippen molar-refractivity contribution < 1.29 is 41.5 Å². The number of carbonyl (C=O) groups excluding carboxylic acids is 1. The first-order valence-electron chi connectivity index (χ1n) is 18.1. The highest BCUT2D eigenvalue weighted by atomic mass is 79.9. The van der Waals surface area contributed by atoms with Crippen molar-refractivity contribution in [2.45, 2.75) is 55.6 Å². The van der Waals surface area contributed by atoms with Gasteiger partial charge in [0.05, 0.1) is 28.8 Å². The Kier molecular flexibility index (Phi) is 13.0.